The molecule has 3 N–H and O–H groups in total. The summed E-state index contributed by atoms with van der Waals surface area (Å²) in [4.78, 5) is 42.2. The van der Waals surface area contributed by atoms with Crippen molar-refractivity contribution in [1.82, 2.24) is 20.3 Å². The first-order chi connectivity index (χ1) is 17.6. The topological polar surface area (TPSA) is 126 Å². The van der Waals surface area contributed by atoms with Crippen molar-refractivity contribution in [2.24, 2.45) is 5.92 Å². The largest absolute Gasteiger partial charge is 0.348 e. The molecule has 0 radical (unpaired) electrons. The molecule has 9 nitrogen and oxygen atoms in total. The smallest absolute Gasteiger partial charge is 0.326 e. The van der Waals surface area contributed by atoms with Crippen LogP contribution in [0.4, 0.5) is 13.2 Å². The number of amides is 1. The zero-order chi connectivity index (χ0) is 26.6. The summed E-state index contributed by atoms with van der Waals surface area (Å²) >= 11 is 0. The Balaban J connectivity index is 0.000000207. The fourth-order valence-corrected chi connectivity index (χ4v) is 4.62. The maximum absolute atomic E-state index is 13.7. The number of nitrogens with one attached hydrogen (secondary N) is 3. The van der Waals surface area contributed by atoms with Crippen LogP contribution in [0, 0.1) is 23.4 Å². The highest BCUT2D eigenvalue weighted by molar-refractivity contribution is 5.77. The van der Waals surface area contributed by atoms with Gasteiger partial charge in [0.05, 0.1) is 42.0 Å². The van der Waals surface area contributed by atoms with Gasteiger partial charge >= 0.3 is 5.69 Å². The van der Waals surface area contributed by atoms with Gasteiger partial charge in [-0.2, -0.15) is 0 Å². The van der Waals surface area contributed by atoms with Crippen LogP contribution < -0.4 is 16.6 Å². The Morgan fingerprint density at radius 1 is 1.11 bits per heavy atom. The second-order valence-electron chi connectivity index (χ2n) is 9.16. The highest BCUT2D eigenvalue weighted by atomic mass is 19.1. The predicted octanol–water partition coefficient (Wildman–Crippen LogP) is 3.22. The number of carbonyl (C=O) groups excluding carboxylic acids is 1. The first-order valence-corrected chi connectivity index (χ1v) is 11.9. The minimum atomic E-state index is -0.752. The van der Waals surface area contributed by atoms with Gasteiger partial charge in [-0.25, -0.2) is 18.0 Å². The van der Waals surface area contributed by atoms with Gasteiger partial charge < -0.3 is 19.8 Å². The van der Waals surface area contributed by atoms with E-state index in [1.165, 1.54) is 12.1 Å². The summed E-state index contributed by atoms with van der Waals surface area (Å²) in [6.07, 6.45) is 4.66. The lowest BCUT2D eigenvalue weighted by molar-refractivity contribution is -0.183. The molecule has 2 aromatic heterocycles. The van der Waals surface area contributed by atoms with E-state index in [1.54, 1.807) is 6.92 Å². The van der Waals surface area contributed by atoms with Crippen molar-refractivity contribution in [3.05, 3.63) is 74.4 Å². The number of ether oxygens (including phenoxy) is 2. The van der Waals surface area contributed by atoms with E-state index < -0.39 is 40.5 Å². The molecule has 1 aliphatic heterocycles. The van der Waals surface area contributed by atoms with E-state index in [-0.39, 0.29) is 22.9 Å². The Labute approximate surface area is 209 Å². The van der Waals surface area contributed by atoms with Crippen LogP contribution in [0.5, 0.6) is 0 Å². The Kier molecular flexibility index (Phi) is 8.08. The Morgan fingerprint density at radius 2 is 1.81 bits per heavy atom. The van der Waals surface area contributed by atoms with Crippen LogP contribution in [0.3, 0.4) is 0 Å². The molecule has 1 saturated carbocycles. The third-order valence-electron chi connectivity index (χ3n) is 6.48. The van der Waals surface area contributed by atoms with Crippen molar-refractivity contribution in [2.45, 2.75) is 50.9 Å². The summed E-state index contributed by atoms with van der Waals surface area (Å²) in [5.74, 6) is -2.31. The minimum Gasteiger partial charge on any atom is -0.348 e. The molecule has 1 atom stereocenters. The number of aromatic nitrogens is 3. The number of aromatic amines is 2. The quantitative estimate of drug-likeness (QED) is 0.485. The molecule has 0 bridgehead atoms. The van der Waals surface area contributed by atoms with Gasteiger partial charge in [0.25, 0.3) is 5.56 Å². The molecule has 1 amide bonds. The molecule has 198 valence electrons. The number of H-pyrrole nitrogens is 2. The Hall–Kier alpha value is -3.51. The summed E-state index contributed by atoms with van der Waals surface area (Å²) in [5, 5.41) is 2.88. The van der Waals surface area contributed by atoms with Crippen molar-refractivity contribution in [3.63, 3.8) is 0 Å². The van der Waals surface area contributed by atoms with Crippen LogP contribution in [0.15, 0.2) is 40.1 Å². The number of hydrogen-bond acceptors (Lipinski definition) is 6. The first-order valence-electron chi connectivity index (χ1n) is 11.9. The summed E-state index contributed by atoms with van der Waals surface area (Å²) in [6, 6.07) is 3.77. The highest BCUT2D eigenvalue weighted by Crippen LogP contribution is 2.39. The molecule has 1 aromatic carbocycles. The molecule has 37 heavy (non-hydrogen) atoms. The lowest BCUT2D eigenvalue weighted by Crippen LogP contribution is -2.37. The fourth-order valence-electron chi connectivity index (χ4n) is 4.62. The summed E-state index contributed by atoms with van der Waals surface area (Å²) in [7, 11) is 0. The van der Waals surface area contributed by atoms with Crippen molar-refractivity contribution in [2.75, 3.05) is 13.2 Å². The average Bonchev–Trinajstić information content (AvgIpc) is 3.29. The van der Waals surface area contributed by atoms with Crippen molar-refractivity contribution < 1.29 is 27.4 Å². The SMILES string of the molecule is CC(NC(=O)CC1CCC2(CC1)OCCO2)c1ncc(F)cc1F.O=c1[nH]c(=O)c2cc(F)ccc2[nH]1. The monoisotopic (exact) mass is 520 g/mol. The number of carbonyl (C=O) groups is 1. The summed E-state index contributed by atoms with van der Waals surface area (Å²) in [5.41, 5.74) is -0.808. The van der Waals surface area contributed by atoms with Crippen molar-refractivity contribution in [3.8, 4) is 0 Å². The van der Waals surface area contributed by atoms with Crippen LogP contribution >= 0.6 is 0 Å². The zero-order valence-corrected chi connectivity index (χ0v) is 20.1. The van der Waals surface area contributed by atoms with Crippen LogP contribution in [-0.2, 0) is 14.3 Å². The van der Waals surface area contributed by atoms with Gasteiger partial charge in [0, 0.05) is 25.3 Å². The Morgan fingerprint density at radius 3 is 2.49 bits per heavy atom. The maximum atomic E-state index is 13.7. The number of halogens is 3. The molecule has 2 aliphatic rings. The van der Waals surface area contributed by atoms with E-state index in [4.69, 9.17) is 9.47 Å². The van der Waals surface area contributed by atoms with E-state index in [0.29, 0.717) is 25.2 Å². The lowest BCUT2D eigenvalue weighted by Gasteiger charge is -2.35. The molecule has 12 heteroatoms. The normalized spacial score (nSPS) is 17.8. The van der Waals surface area contributed by atoms with Gasteiger partial charge in [-0.05, 0) is 43.9 Å². The number of fused-ring (bicyclic) bond motifs is 1. The third kappa shape index (κ3) is 6.63. The second kappa shape index (κ2) is 11.3. The first kappa shape index (κ1) is 26.6. The zero-order valence-electron chi connectivity index (χ0n) is 20.1. The molecular weight excluding hydrogens is 493 g/mol. The Bertz CT molecular complexity index is 1380. The minimum absolute atomic E-state index is 0.0418. The second-order valence-corrected chi connectivity index (χ2v) is 9.16. The molecular formula is C25H27F3N4O5. The van der Waals surface area contributed by atoms with Crippen LogP contribution in [0.25, 0.3) is 10.9 Å². The highest BCUT2D eigenvalue weighted by Gasteiger charge is 2.40. The van der Waals surface area contributed by atoms with Crippen LogP contribution in [0.1, 0.15) is 50.8 Å². The molecule has 1 spiro atoms. The number of benzene rings is 1. The molecule has 1 saturated heterocycles. The van der Waals surface area contributed by atoms with Crippen molar-refractivity contribution in [1.29, 1.82) is 0 Å². The van der Waals surface area contributed by atoms with Gasteiger partial charge in [0.1, 0.15) is 17.5 Å². The van der Waals surface area contributed by atoms with Gasteiger partial charge in [0.2, 0.25) is 5.91 Å². The van der Waals surface area contributed by atoms with Crippen LogP contribution in [0.2, 0.25) is 0 Å². The number of nitrogens with zero attached hydrogens (tertiary/aromatic N) is 1. The molecule has 3 aromatic rings. The lowest BCUT2D eigenvalue weighted by atomic mass is 9.83. The van der Waals surface area contributed by atoms with Gasteiger partial charge in [-0.15, -0.1) is 0 Å². The van der Waals surface area contributed by atoms with E-state index >= 15 is 0 Å². The predicted molar refractivity (Wildman–Crippen MR) is 127 cm³/mol. The van der Waals surface area contributed by atoms with E-state index in [2.05, 4.69) is 15.3 Å². The van der Waals surface area contributed by atoms with Gasteiger partial charge in [0.15, 0.2) is 5.79 Å². The molecule has 5 rings (SSSR count). The number of pyridine rings is 1. The van der Waals surface area contributed by atoms with Crippen molar-refractivity contribution >= 4 is 16.8 Å². The average molecular weight is 521 g/mol. The number of hydrogen-bond donors (Lipinski definition) is 3. The summed E-state index contributed by atoms with van der Waals surface area (Å²) in [6.45, 7) is 2.91. The standard InChI is InChI=1S/C17H22F2N2O3.C8H5FN2O2/c1-11(16-14(19)9-13(18)10-20-16)21-15(22)8-12-2-4-17(5-3-12)23-6-7-24-17;9-4-1-2-6-5(3-4)7(12)11-8(13)10-6/h9-12H,2-8H2,1H3,(H,21,22);1-3H,(H2,10,11,12,13). The maximum Gasteiger partial charge on any atom is 0.326 e. The molecule has 2 fully saturated rings. The van der Waals surface area contributed by atoms with E-state index in [1.807, 2.05) is 4.98 Å². The van der Waals surface area contributed by atoms with Gasteiger partial charge in [-0.3, -0.25) is 19.6 Å². The van der Waals surface area contributed by atoms with Crippen LogP contribution in [-0.4, -0.2) is 39.9 Å². The summed E-state index contributed by atoms with van der Waals surface area (Å²) < 4.78 is 50.6. The fraction of sp³-hybridized carbons (Fsp3) is 0.440. The molecule has 1 unspecified atom stereocenters. The third-order valence-corrected chi connectivity index (χ3v) is 6.48. The van der Waals surface area contributed by atoms with Gasteiger partial charge in [-0.1, -0.05) is 0 Å². The van der Waals surface area contributed by atoms with E-state index in [9.17, 15) is 27.6 Å². The molecule has 3 heterocycles. The number of rotatable bonds is 4. The molecule has 1 aliphatic carbocycles. The van der Waals surface area contributed by atoms with E-state index in [0.717, 1.165) is 44.0 Å².